The maximum atomic E-state index is 10.7. The van der Waals surface area contributed by atoms with Gasteiger partial charge in [0.05, 0.1) is 6.21 Å². The molecule has 4 N–H and O–H groups in total. The SMILES string of the molecule is NNC(=O)N/N=C/c1ccc(-c2ccccc2)o1. The topological polar surface area (TPSA) is 92.6 Å². The lowest BCUT2D eigenvalue weighted by Crippen LogP contribution is -2.37. The average molecular weight is 244 g/mol. The Labute approximate surface area is 103 Å². The van der Waals surface area contributed by atoms with Gasteiger partial charge in [0.25, 0.3) is 0 Å². The molecule has 2 rings (SSSR count). The highest BCUT2D eigenvalue weighted by atomic mass is 16.3. The third-order valence-corrected chi connectivity index (χ3v) is 2.17. The highest BCUT2D eigenvalue weighted by molar-refractivity contribution is 5.80. The number of furan rings is 1. The van der Waals surface area contributed by atoms with Crippen molar-refractivity contribution in [1.82, 2.24) is 10.9 Å². The van der Waals surface area contributed by atoms with Gasteiger partial charge in [-0.15, -0.1) is 0 Å². The fraction of sp³-hybridized carbons (Fsp3) is 0. The highest BCUT2D eigenvalue weighted by Gasteiger charge is 2.02. The van der Waals surface area contributed by atoms with Crippen LogP contribution in [-0.2, 0) is 0 Å². The van der Waals surface area contributed by atoms with Gasteiger partial charge in [-0.3, -0.25) is 5.43 Å². The van der Waals surface area contributed by atoms with E-state index in [0.717, 1.165) is 11.3 Å². The van der Waals surface area contributed by atoms with E-state index in [1.165, 1.54) is 6.21 Å². The predicted octanol–water partition coefficient (Wildman–Crippen LogP) is 1.45. The number of nitrogens with zero attached hydrogens (tertiary/aromatic N) is 1. The summed E-state index contributed by atoms with van der Waals surface area (Å²) in [7, 11) is 0. The molecule has 6 heteroatoms. The Hall–Kier alpha value is -2.60. The molecule has 0 aliphatic heterocycles. The molecule has 1 aromatic heterocycles. The molecule has 6 nitrogen and oxygen atoms in total. The molecule has 0 saturated carbocycles. The number of rotatable bonds is 3. The summed E-state index contributed by atoms with van der Waals surface area (Å²) in [5, 5.41) is 3.66. The zero-order chi connectivity index (χ0) is 12.8. The number of hydrazine groups is 1. The van der Waals surface area contributed by atoms with Crippen molar-refractivity contribution in [3.63, 3.8) is 0 Å². The van der Waals surface area contributed by atoms with Gasteiger partial charge >= 0.3 is 6.03 Å². The number of carbonyl (C=O) groups excluding carboxylic acids is 1. The molecule has 0 aliphatic rings. The molecule has 0 spiro atoms. The molecule has 2 aromatic rings. The Kier molecular flexibility index (Phi) is 3.72. The van der Waals surface area contributed by atoms with Crippen LogP contribution in [0.2, 0.25) is 0 Å². The Balaban J connectivity index is 2.05. The minimum atomic E-state index is -0.596. The predicted molar refractivity (Wildman–Crippen MR) is 67.6 cm³/mol. The van der Waals surface area contributed by atoms with Gasteiger partial charge in [0.1, 0.15) is 11.5 Å². The van der Waals surface area contributed by atoms with Gasteiger partial charge in [0, 0.05) is 5.56 Å². The first-order valence-corrected chi connectivity index (χ1v) is 5.24. The van der Waals surface area contributed by atoms with Gasteiger partial charge in [-0.05, 0) is 12.1 Å². The van der Waals surface area contributed by atoms with Crippen LogP contribution in [0.15, 0.2) is 52.0 Å². The van der Waals surface area contributed by atoms with E-state index in [4.69, 9.17) is 10.3 Å². The molecule has 18 heavy (non-hydrogen) atoms. The van der Waals surface area contributed by atoms with E-state index in [0.29, 0.717) is 5.76 Å². The molecule has 92 valence electrons. The fourth-order valence-corrected chi connectivity index (χ4v) is 1.37. The van der Waals surface area contributed by atoms with Gasteiger partial charge in [-0.1, -0.05) is 30.3 Å². The lowest BCUT2D eigenvalue weighted by Gasteiger charge is -1.95. The first-order chi connectivity index (χ1) is 8.79. The van der Waals surface area contributed by atoms with Crippen molar-refractivity contribution < 1.29 is 9.21 Å². The molecule has 1 heterocycles. The number of carbonyl (C=O) groups is 1. The second kappa shape index (κ2) is 5.65. The summed E-state index contributed by atoms with van der Waals surface area (Å²) in [6.45, 7) is 0. The van der Waals surface area contributed by atoms with E-state index in [9.17, 15) is 4.79 Å². The zero-order valence-electron chi connectivity index (χ0n) is 9.46. The number of hydrogen-bond donors (Lipinski definition) is 3. The average Bonchev–Trinajstić information content (AvgIpc) is 2.88. The monoisotopic (exact) mass is 244 g/mol. The van der Waals surface area contributed by atoms with Gasteiger partial charge in [0.2, 0.25) is 0 Å². The van der Waals surface area contributed by atoms with Crippen LogP contribution in [0.1, 0.15) is 5.76 Å². The first kappa shape index (κ1) is 11.9. The number of hydrazone groups is 1. The van der Waals surface area contributed by atoms with E-state index >= 15 is 0 Å². The van der Waals surface area contributed by atoms with Gasteiger partial charge in [-0.25, -0.2) is 16.1 Å². The summed E-state index contributed by atoms with van der Waals surface area (Å²) in [5.41, 5.74) is 5.03. The van der Waals surface area contributed by atoms with Gasteiger partial charge in [-0.2, -0.15) is 5.10 Å². The zero-order valence-corrected chi connectivity index (χ0v) is 9.46. The van der Waals surface area contributed by atoms with E-state index < -0.39 is 6.03 Å². The quantitative estimate of drug-likeness (QED) is 0.330. The highest BCUT2D eigenvalue weighted by Crippen LogP contribution is 2.20. The number of amides is 2. The molecular formula is C12H12N4O2. The molecule has 0 radical (unpaired) electrons. The van der Waals surface area contributed by atoms with Crippen LogP contribution < -0.4 is 16.7 Å². The van der Waals surface area contributed by atoms with Crippen LogP contribution in [0.5, 0.6) is 0 Å². The summed E-state index contributed by atoms with van der Waals surface area (Å²) in [5.74, 6) is 6.14. The van der Waals surface area contributed by atoms with Crippen molar-refractivity contribution in [3.05, 3.63) is 48.2 Å². The number of nitrogens with one attached hydrogen (secondary N) is 2. The first-order valence-electron chi connectivity index (χ1n) is 5.24. The number of nitrogens with two attached hydrogens (primary N) is 1. The summed E-state index contributed by atoms with van der Waals surface area (Å²) < 4.78 is 5.53. The standard InChI is InChI=1S/C12H12N4O2/c13-15-12(17)16-14-8-10-6-7-11(18-10)9-4-2-1-3-5-9/h1-8H,13H2,(H2,15,16,17)/b14-8+. The molecule has 0 unspecified atom stereocenters. The molecule has 0 fully saturated rings. The number of urea groups is 1. The Bertz CT molecular complexity index is 548. The number of hydrogen-bond acceptors (Lipinski definition) is 4. The Morgan fingerprint density at radius 2 is 2.00 bits per heavy atom. The van der Waals surface area contributed by atoms with E-state index in [-0.39, 0.29) is 0 Å². The third-order valence-electron chi connectivity index (χ3n) is 2.17. The Morgan fingerprint density at radius 3 is 2.72 bits per heavy atom. The van der Waals surface area contributed by atoms with Crippen LogP contribution in [0.3, 0.4) is 0 Å². The maximum absolute atomic E-state index is 10.7. The van der Waals surface area contributed by atoms with Crippen LogP contribution in [0.4, 0.5) is 4.79 Å². The molecule has 0 saturated heterocycles. The van der Waals surface area contributed by atoms with Crippen LogP contribution >= 0.6 is 0 Å². The fourth-order valence-electron chi connectivity index (χ4n) is 1.37. The normalized spacial score (nSPS) is 10.5. The van der Waals surface area contributed by atoms with E-state index in [1.807, 2.05) is 41.8 Å². The minimum Gasteiger partial charge on any atom is -0.455 e. The van der Waals surface area contributed by atoms with Gasteiger partial charge in [0.15, 0.2) is 0 Å². The summed E-state index contributed by atoms with van der Waals surface area (Å²) in [4.78, 5) is 10.7. The summed E-state index contributed by atoms with van der Waals surface area (Å²) in [6, 6.07) is 12.7. The van der Waals surface area contributed by atoms with Crippen molar-refractivity contribution in [2.45, 2.75) is 0 Å². The molecule has 0 aliphatic carbocycles. The molecular weight excluding hydrogens is 232 g/mol. The van der Waals surface area contributed by atoms with E-state index in [1.54, 1.807) is 6.07 Å². The molecule has 0 atom stereocenters. The van der Waals surface area contributed by atoms with Crippen LogP contribution in [-0.4, -0.2) is 12.2 Å². The smallest absolute Gasteiger partial charge is 0.349 e. The van der Waals surface area contributed by atoms with Crippen LogP contribution in [0, 0.1) is 0 Å². The largest absolute Gasteiger partial charge is 0.455 e. The Morgan fingerprint density at radius 1 is 1.22 bits per heavy atom. The van der Waals surface area contributed by atoms with Gasteiger partial charge < -0.3 is 4.42 Å². The lowest BCUT2D eigenvalue weighted by molar-refractivity contribution is 0.241. The molecule has 0 bridgehead atoms. The molecule has 1 aromatic carbocycles. The van der Waals surface area contributed by atoms with Crippen LogP contribution in [0.25, 0.3) is 11.3 Å². The maximum Gasteiger partial charge on any atom is 0.349 e. The second-order valence-electron chi connectivity index (χ2n) is 3.41. The number of benzene rings is 1. The molecule has 2 amide bonds. The third kappa shape index (κ3) is 2.96. The summed E-state index contributed by atoms with van der Waals surface area (Å²) in [6.07, 6.45) is 1.39. The minimum absolute atomic E-state index is 0.533. The lowest BCUT2D eigenvalue weighted by atomic mass is 10.2. The van der Waals surface area contributed by atoms with Crippen molar-refractivity contribution >= 4 is 12.2 Å². The second-order valence-corrected chi connectivity index (χ2v) is 3.41. The van der Waals surface area contributed by atoms with Crippen molar-refractivity contribution in [2.75, 3.05) is 0 Å². The summed E-state index contributed by atoms with van der Waals surface area (Å²) >= 11 is 0. The van der Waals surface area contributed by atoms with Crippen molar-refractivity contribution in [1.29, 1.82) is 0 Å². The van der Waals surface area contributed by atoms with E-state index in [2.05, 4.69) is 10.5 Å². The van der Waals surface area contributed by atoms with Crippen molar-refractivity contribution in [3.8, 4) is 11.3 Å². The van der Waals surface area contributed by atoms with Crippen molar-refractivity contribution in [2.24, 2.45) is 10.9 Å².